The molecule has 1 aromatic carbocycles. The third-order valence-electron chi connectivity index (χ3n) is 1.98. The molecule has 1 aromatic rings. The van der Waals surface area contributed by atoms with Crippen LogP contribution in [0.25, 0.3) is 0 Å². The SMILES string of the molecule is COCCNS(=O)(=O)NCc1ccc(Br)cc1. The maximum atomic E-state index is 11.5. The van der Waals surface area contributed by atoms with Crippen molar-refractivity contribution in [2.45, 2.75) is 6.54 Å². The Labute approximate surface area is 110 Å². The molecule has 0 spiro atoms. The molecule has 0 aliphatic carbocycles. The van der Waals surface area contributed by atoms with E-state index in [1.165, 1.54) is 7.11 Å². The van der Waals surface area contributed by atoms with Crippen LogP contribution in [-0.4, -0.2) is 28.7 Å². The van der Waals surface area contributed by atoms with Crippen LogP contribution >= 0.6 is 15.9 Å². The first-order chi connectivity index (χ1) is 8.03. The van der Waals surface area contributed by atoms with Gasteiger partial charge in [-0.15, -0.1) is 0 Å². The number of methoxy groups -OCH3 is 1. The van der Waals surface area contributed by atoms with Crippen LogP contribution in [0, 0.1) is 0 Å². The quantitative estimate of drug-likeness (QED) is 0.736. The fraction of sp³-hybridized carbons (Fsp3) is 0.400. The third-order valence-corrected chi connectivity index (χ3v) is 3.62. The Balaban J connectivity index is 2.41. The Morgan fingerprint density at radius 2 is 1.88 bits per heavy atom. The van der Waals surface area contributed by atoms with Crippen molar-refractivity contribution in [3.8, 4) is 0 Å². The first-order valence-electron chi connectivity index (χ1n) is 5.01. The van der Waals surface area contributed by atoms with Crippen molar-refractivity contribution in [3.05, 3.63) is 34.3 Å². The zero-order chi connectivity index (χ0) is 12.7. The average Bonchev–Trinajstić information content (AvgIpc) is 2.29. The van der Waals surface area contributed by atoms with E-state index < -0.39 is 10.2 Å². The molecule has 0 aromatic heterocycles. The van der Waals surface area contributed by atoms with Gasteiger partial charge in [0, 0.05) is 24.7 Å². The maximum absolute atomic E-state index is 11.5. The highest BCUT2D eigenvalue weighted by molar-refractivity contribution is 9.10. The lowest BCUT2D eigenvalue weighted by Gasteiger charge is -2.07. The number of nitrogens with one attached hydrogen (secondary N) is 2. The monoisotopic (exact) mass is 322 g/mol. The summed E-state index contributed by atoms with van der Waals surface area (Å²) >= 11 is 3.31. The van der Waals surface area contributed by atoms with Gasteiger partial charge in [-0.25, -0.2) is 0 Å². The zero-order valence-electron chi connectivity index (χ0n) is 9.44. The van der Waals surface area contributed by atoms with Gasteiger partial charge in [0.05, 0.1) is 6.61 Å². The molecule has 0 radical (unpaired) electrons. The van der Waals surface area contributed by atoms with Crippen molar-refractivity contribution >= 4 is 26.1 Å². The van der Waals surface area contributed by atoms with E-state index in [4.69, 9.17) is 4.74 Å². The van der Waals surface area contributed by atoms with E-state index in [9.17, 15) is 8.42 Å². The minimum atomic E-state index is -3.45. The van der Waals surface area contributed by atoms with Crippen LogP contribution in [-0.2, 0) is 21.5 Å². The lowest BCUT2D eigenvalue weighted by molar-refractivity contribution is 0.204. The second kappa shape index (κ2) is 7.07. The summed E-state index contributed by atoms with van der Waals surface area (Å²) < 4.78 is 33.4. The summed E-state index contributed by atoms with van der Waals surface area (Å²) in [7, 11) is -1.94. The van der Waals surface area contributed by atoms with E-state index in [-0.39, 0.29) is 13.1 Å². The van der Waals surface area contributed by atoms with Crippen molar-refractivity contribution in [3.63, 3.8) is 0 Å². The normalized spacial score (nSPS) is 11.6. The Morgan fingerprint density at radius 3 is 2.47 bits per heavy atom. The van der Waals surface area contributed by atoms with E-state index in [1.807, 2.05) is 24.3 Å². The van der Waals surface area contributed by atoms with Crippen LogP contribution in [0.1, 0.15) is 5.56 Å². The zero-order valence-corrected chi connectivity index (χ0v) is 11.8. The first kappa shape index (κ1) is 14.6. The second-order valence-corrected chi connectivity index (χ2v) is 5.84. The Bertz CT molecular complexity index is 433. The standard InChI is InChI=1S/C10H15BrN2O3S/c1-16-7-6-12-17(14,15)13-8-9-2-4-10(11)5-3-9/h2-5,12-13H,6-8H2,1H3. The van der Waals surface area contributed by atoms with Gasteiger partial charge in [0.2, 0.25) is 0 Å². The van der Waals surface area contributed by atoms with E-state index in [1.54, 1.807) is 0 Å². The molecular weight excluding hydrogens is 308 g/mol. The van der Waals surface area contributed by atoms with Crippen molar-refractivity contribution < 1.29 is 13.2 Å². The van der Waals surface area contributed by atoms with Crippen LogP contribution in [0.2, 0.25) is 0 Å². The van der Waals surface area contributed by atoms with Crippen molar-refractivity contribution in [2.75, 3.05) is 20.3 Å². The van der Waals surface area contributed by atoms with E-state index >= 15 is 0 Å². The summed E-state index contributed by atoms with van der Waals surface area (Å²) in [5.41, 5.74) is 0.894. The summed E-state index contributed by atoms with van der Waals surface area (Å²) in [5, 5.41) is 0. The van der Waals surface area contributed by atoms with Crippen LogP contribution in [0.5, 0.6) is 0 Å². The molecule has 96 valence electrons. The number of halogens is 1. The highest BCUT2D eigenvalue weighted by Gasteiger charge is 2.07. The molecule has 0 fully saturated rings. The molecule has 2 N–H and O–H groups in total. The summed E-state index contributed by atoms with van der Waals surface area (Å²) in [4.78, 5) is 0. The van der Waals surface area contributed by atoms with E-state index in [0.29, 0.717) is 6.61 Å². The molecule has 0 bridgehead atoms. The molecule has 0 aliphatic rings. The van der Waals surface area contributed by atoms with Gasteiger partial charge in [-0.1, -0.05) is 28.1 Å². The van der Waals surface area contributed by atoms with Crippen LogP contribution < -0.4 is 9.44 Å². The van der Waals surface area contributed by atoms with Gasteiger partial charge in [-0.05, 0) is 17.7 Å². The number of hydrogen-bond donors (Lipinski definition) is 2. The number of rotatable bonds is 7. The average molecular weight is 323 g/mol. The third kappa shape index (κ3) is 6.13. The molecule has 0 saturated heterocycles. The van der Waals surface area contributed by atoms with Crippen LogP contribution in [0.4, 0.5) is 0 Å². The van der Waals surface area contributed by atoms with Gasteiger partial charge in [0.25, 0.3) is 10.2 Å². The Hall–Kier alpha value is -0.470. The second-order valence-electron chi connectivity index (χ2n) is 3.34. The summed E-state index contributed by atoms with van der Waals surface area (Å²) in [5.74, 6) is 0. The van der Waals surface area contributed by atoms with Crippen molar-refractivity contribution in [1.29, 1.82) is 0 Å². The molecular formula is C10H15BrN2O3S. The maximum Gasteiger partial charge on any atom is 0.277 e. The predicted molar refractivity (Wildman–Crippen MR) is 69.8 cm³/mol. The first-order valence-corrected chi connectivity index (χ1v) is 7.29. The van der Waals surface area contributed by atoms with Gasteiger partial charge in [-0.3, -0.25) is 0 Å². The summed E-state index contributed by atoms with van der Waals surface area (Å²) in [6, 6.07) is 7.42. The molecule has 0 amide bonds. The fourth-order valence-corrected chi connectivity index (χ4v) is 2.18. The largest absolute Gasteiger partial charge is 0.383 e. The van der Waals surface area contributed by atoms with Crippen molar-refractivity contribution in [1.82, 2.24) is 9.44 Å². The van der Waals surface area contributed by atoms with Gasteiger partial charge in [0.1, 0.15) is 0 Å². The van der Waals surface area contributed by atoms with Gasteiger partial charge >= 0.3 is 0 Å². The molecule has 17 heavy (non-hydrogen) atoms. The minimum Gasteiger partial charge on any atom is -0.383 e. The Morgan fingerprint density at radius 1 is 1.24 bits per heavy atom. The molecule has 0 heterocycles. The van der Waals surface area contributed by atoms with Crippen molar-refractivity contribution in [2.24, 2.45) is 0 Å². The molecule has 0 unspecified atom stereocenters. The molecule has 7 heteroatoms. The molecule has 0 atom stereocenters. The molecule has 0 aliphatic heterocycles. The highest BCUT2D eigenvalue weighted by atomic mass is 79.9. The lowest BCUT2D eigenvalue weighted by atomic mass is 10.2. The molecule has 5 nitrogen and oxygen atoms in total. The van der Waals surface area contributed by atoms with Crippen LogP contribution in [0.15, 0.2) is 28.7 Å². The van der Waals surface area contributed by atoms with Gasteiger partial charge in [-0.2, -0.15) is 17.9 Å². The lowest BCUT2D eigenvalue weighted by Crippen LogP contribution is -2.37. The molecule has 0 saturated carbocycles. The number of benzene rings is 1. The smallest absolute Gasteiger partial charge is 0.277 e. The van der Waals surface area contributed by atoms with E-state index in [0.717, 1.165) is 10.0 Å². The predicted octanol–water partition coefficient (Wildman–Crippen LogP) is 1.02. The minimum absolute atomic E-state index is 0.256. The van der Waals surface area contributed by atoms with Gasteiger partial charge in [0.15, 0.2) is 0 Å². The van der Waals surface area contributed by atoms with Gasteiger partial charge < -0.3 is 4.74 Å². The fourth-order valence-electron chi connectivity index (χ4n) is 1.11. The topological polar surface area (TPSA) is 67.4 Å². The van der Waals surface area contributed by atoms with E-state index in [2.05, 4.69) is 25.4 Å². The van der Waals surface area contributed by atoms with Crippen LogP contribution in [0.3, 0.4) is 0 Å². The summed E-state index contributed by atoms with van der Waals surface area (Å²) in [6.07, 6.45) is 0. The Kier molecular flexibility index (Phi) is 6.07. The summed E-state index contributed by atoms with van der Waals surface area (Å²) in [6.45, 7) is 0.862. The molecule has 1 rings (SSSR count). The highest BCUT2D eigenvalue weighted by Crippen LogP contribution is 2.10. The number of ether oxygens (including phenoxy) is 1. The number of hydrogen-bond acceptors (Lipinski definition) is 3.